The van der Waals surface area contributed by atoms with Crippen LogP contribution >= 0.6 is 0 Å². The third-order valence-corrected chi connectivity index (χ3v) is 5.16. The van der Waals surface area contributed by atoms with E-state index in [1.54, 1.807) is 18.2 Å². The highest BCUT2D eigenvalue weighted by atomic mass is 16.3. The molecule has 0 aliphatic rings. The van der Waals surface area contributed by atoms with Crippen molar-refractivity contribution < 1.29 is 5.11 Å². The lowest BCUT2D eigenvalue weighted by Crippen LogP contribution is -2.27. The molecule has 0 radical (unpaired) electrons. The smallest absolute Gasteiger partial charge is 0.134 e. The van der Waals surface area contributed by atoms with Crippen LogP contribution < -0.4 is 9.80 Å². The quantitative estimate of drug-likeness (QED) is 0.613. The SMILES string of the molecule is CCN(CC)c1ccc(C(CN(C)c2cccc(O)c2)N=O)cc1C(C)(C)C. The monoisotopic (exact) mass is 383 g/mol. The van der Waals surface area contributed by atoms with Crippen LogP contribution in [0.2, 0.25) is 0 Å². The Kier molecular flexibility index (Phi) is 7.05. The topological polar surface area (TPSA) is 56.1 Å². The molecule has 0 saturated carbocycles. The van der Waals surface area contributed by atoms with Gasteiger partial charge in [-0.1, -0.05) is 44.1 Å². The molecule has 152 valence electrons. The number of aromatic hydroxyl groups is 1. The molecule has 0 fully saturated rings. The van der Waals surface area contributed by atoms with Gasteiger partial charge in [0.1, 0.15) is 11.8 Å². The normalized spacial score (nSPS) is 12.5. The maximum absolute atomic E-state index is 11.7. The predicted octanol–water partition coefficient (Wildman–Crippen LogP) is 5.48. The van der Waals surface area contributed by atoms with Crippen molar-refractivity contribution >= 4 is 11.4 Å². The van der Waals surface area contributed by atoms with Gasteiger partial charge in [0.2, 0.25) is 0 Å². The minimum atomic E-state index is -0.487. The van der Waals surface area contributed by atoms with E-state index in [0.29, 0.717) is 6.54 Å². The van der Waals surface area contributed by atoms with Crippen molar-refractivity contribution in [1.82, 2.24) is 0 Å². The summed E-state index contributed by atoms with van der Waals surface area (Å²) in [5.41, 5.74) is 4.17. The second-order valence-corrected chi connectivity index (χ2v) is 8.22. The van der Waals surface area contributed by atoms with Crippen LogP contribution in [-0.4, -0.2) is 31.8 Å². The zero-order valence-corrected chi connectivity index (χ0v) is 17.9. The standard InChI is InChI=1S/C23H33N3O2/c1-7-26(8-2)22-13-12-17(14-20(22)23(3,4)5)21(24-28)16-25(6)18-10-9-11-19(27)15-18/h9-15,21,27H,7-8,16H2,1-6H3. The lowest BCUT2D eigenvalue weighted by molar-refractivity contribution is 0.475. The van der Waals surface area contributed by atoms with Gasteiger partial charge in [0.25, 0.3) is 0 Å². The zero-order valence-electron chi connectivity index (χ0n) is 17.9. The second-order valence-electron chi connectivity index (χ2n) is 8.22. The van der Waals surface area contributed by atoms with Crippen LogP contribution in [0.3, 0.4) is 0 Å². The van der Waals surface area contributed by atoms with Crippen molar-refractivity contribution in [3.8, 4) is 5.75 Å². The largest absolute Gasteiger partial charge is 0.508 e. The Balaban J connectivity index is 2.37. The fourth-order valence-corrected chi connectivity index (χ4v) is 3.50. The average molecular weight is 384 g/mol. The molecule has 1 unspecified atom stereocenters. The molecule has 0 heterocycles. The van der Waals surface area contributed by atoms with Crippen molar-refractivity contribution in [2.45, 2.75) is 46.1 Å². The number of nitroso groups, excluding NO2 is 1. The van der Waals surface area contributed by atoms with Gasteiger partial charge in [-0.05, 0) is 48.6 Å². The maximum Gasteiger partial charge on any atom is 0.134 e. The Morgan fingerprint density at radius 3 is 2.29 bits per heavy atom. The van der Waals surface area contributed by atoms with Crippen LogP contribution in [0.25, 0.3) is 0 Å². The molecule has 0 amide bonds. The highest BCUT2D eigenvalue weighted by Crippen LogP contribution is 2.35. The molecule has 0 bridgehead atoms. The van der Waals surface area contributed by atoms with Gasteiger partial charge in [-0.2, -0.15) is 4.91 Å². The number of anilines is 2. The minimum Gasteiger partial charge on any atom is -0.508 e. The predicted molar refractivity (Wildman–Crippen MR) is 119 cm³/mol. The summed E-state index contributed by atoms with van der Waals surface area (Å²) in [6.07, 6.45) is 0. The summed E-state index contributed by atoms with van der Waals surface area (Å²) in [5.74, 6) is 0.207. The highest BCUT2D eigenvalue weighted by molar-refractivity contribution is 5.58. The lowest BCUT2D eigenvalue weighted by Gasteiger charge is -2.31. The summed E-state index contributed by atoms with van der Waals surface area (Å²) in [6.45, 7) is 13.2. The Morgan fingerprint density at radius 2 is 1.75 bits per heavy atom. The molecule has 0 aliphatic heterocycles. The second kappa shape index (κ2) is 9.09. The Morgan fingerprint density at radius 1 is 1.07 bits per heavy atom. The summed E-state index contributed by atoms with van der Waals surface area (Å²) in [4.78, 5) is 16.0. The van der Waals surface area contributed by atoms with Crippen LogP contribution in [0.4, 0.5) is 11.4 Å². The summed E-state index contributed by atoms with van der Waals surface area (Å²) in [5, 5.41) is 13.1. The molecule has 0 saturated heterocycles. The third kappa shape index (κ3) is 5.03. The number of hydrogen-bond acceptors (Lipinski definition) is 5. The molecule has 2 aromatic rings. The van der Waals surface area contributed by atoms with E-state index in [0.717, 1.165) is 24.3 Å². The molecular weight excluding hydrogens is 350 g/mol. The van der Waals surface area contributed by atoms with Crippen LogP contribution in [0, 0.1) is 4.91 Å². The van der Waals surface area contributed by atoms with Crippen molar-refractivity contribution in [2.24, 2.45) is 5.18 Å². The van der Waals surface area contributed by atoms with Gasteiger partial charge in [-0.15, -0.1) is 0 Å². The zero-order chi connectivity index (χ0) is 20.9. The number of phenolic OH excluding ortho intramolecular Hbond substituents is 1. The van der Waals surface area contributed by atoms with E-state index in [-0.39, 0.29) is 11.2 Å². The van der Waals surface area contributed by atoms with E-state index >= 15 is 0 Å². The van der Waals surface area contributed by atoms with Crippen LogP contribution in [0.1, 0.15) is 51.8 Å². The number of nitrogens with zero attached hydrogens (tertiary/aromatic N) is 3. The van der Waals surface area contributed by atoms with Gasteiger partial charge in [0.15, 0.2) is 0 Å². The summed E-state index contributed by atoms with van der Waals surface area (Å²) in [7, 11) is 1.90. The number of rotatable bonds is 8. The maximum atomic E-state index is 11.7. The molecular formula is C23H33N3O2. The third-order valence-electron chi connectivity index (χ3n) is 5.16. The highest BCUT2D eigenvalue weighted by Gasteiger charge is 2.24. The molecule has 0 aliphatic carbocycles. The van der Waals surface area contributed by atoms with Gasteiger partial charge in [0, 0.05) is 44.1 Å². The molecule has 28 heavy (non-hydrogen) atoms. The lowest BCUT2D eigenvalue weighted by atomic mass is 9.83. The fourth-order valence-electron chi connectivity index (χ4n) is 3.50. The van der Waals surface area contributed by atoms with Gasteiger partial charge in [0.05, 0.1) is 0 Å². The summed E-state index contributed by atoms with van der Waals surface area (Å²) >= 11 is 0. The van der Waals surface area contributed by atoms with E-state index in [4.69, 9.17) is 0 Å². The van der Waals surface area contributed by atoms with Crippen molar-refractivity contribution in [1.29, 1.82) is 0 Å². The van der Waals surface area contributed by atoms with Crippen LogP contribution in [0.5, 0.6) is 5.75 Å². The van der Waals surface area contributed by atoms with E-state index < -0.39 is 6.04 Å². The minimum absolute atomic E-state index is 0.0432. The number of likely N-dealkylation sites (N-methyl/N-ethyl adjacent to an activating group) is 1. The van der Waals surface area contributed by atoms with Crippen LogP contribution in [-0.2, 0) is 5.41 Å². The van der Waals surface area contributed by atoms with Crippen molar-refractivity contribution in [2.75, 3.05) is 36.5 Å². The van der Waals surface area contributed by atoms with Gasteiger partial charge >= 0.3 is 0 Å². The first-order valence-electron chi connectivity index (χ1n) is 9.93. The molecule has 1 N–H and O–H groups in total. The summed E-state index contributed by atoms with van der Waals surface area (Å²) in [6, 6.07) is 12.8. The van der Waals surface area contributed by atoms with Crippen molar-refractivity contribution in [3.63, 3.8) is 0 Å². The van der Waals surface area contributed by atoms with E-state index in [1.165, 1.54) is 11.3 Å². The first kappa shape index (κ1) is 21.7. The Bertz CT molecular complexity index is 795. The summed E-state index contributed by atoms with van der Waals surface area (Å²) < 4.78 is 0. The number of hydrogen-bond donors (Lipinski definition) is 1. The molecule has 5 nitrogen and oxygen atoms in total. The van der Waals surface area contributed by atoms with Gasteiger partial charge < -0.3 is 14.9 Å². The molecule has 1 atom stereocenters. The van der Waals surface area contributed by atoms with Gasteiger partial charge in [-0.25, -0.2) is 0 Å². The molecule has 2 rings (SSSR count). The Hall–Kier alpha value is -2.56. The molecule has 2 aromatic carbocycles. The molecule has 0 spiro atoms. The first-order valence-corrected chi connectivity index (χ1v) is 9.93. The first-order chi connectivity index (χ1) is 13.2. The fraction of sp³-hybridized carbons (Fsp3) is 0.478. The van der Waals surface area contributed by atoms with Gasteiger partial charge in [-0.3, -0.25) is 0 Å². The van der Waals surface area contributed by atoms with E-state index in [2.05, 4.69) is 56.8 Å². The van der Waals surface area contributed by atoms with Crippen molar-refractivity contribution in [3.05, 3.63) is 58.5 Å². The molecule has 0 aromatic heterocycles. The average Bonchev–Trinajstić information content (AvgIpc) is 2.66. The Labute approximate surface area is 169 Å². The molecule has 5 heteroatoms. The van der Waals surface area contributed by atoms with E-state index in [1.807, 2.05) is 24.1 Å². The van der Waals surface area contributed by atoms with Crippen LogP contribution in [0.15, 0.2) is 47.6 Å². The number of phenols is 1. The number of benzene rings is 2. The van der Waals surface area contributed by atoms with E-state index in [9.17, 15) is 10.0 Å².